The fourth-order valence-corrected chi connectivity index (χ4v) is 2.56. The maximum atomic E-state index is 5.89. The van der Waals surface area contributed by atoms with Gasteiger partial charge in [-0.2, -0.15) is 5.10 Å². The molecule has 0 unspecified atom stereocenters. The van der Waals surface area contributed by atoms with Crippen LogP contribution in [0.1, 0.15) is 42.3 Å². The molecule has 0 amide bonds. The average Bonchev–Trinajstić information content (AvgIpc) is 2.63. The minimum absolute atomic E-state index is 0.512. The van der Waals surface area contributed by atoms with Crippen molar-refractivity contribution in [3.05, 3.63) is 40.7 Å². The summed E-state index contributed by atoms with van der Waals surface area (Å²) in [6, 6.07) is 6.68. The first-order chi connectivity index (χ1) is 8.95. The van der Waals surface area contributed by atoms with E-state index in [9.17, 15) is 0 Å². The van der Waals surface area contributed by atoms with Crippen LogP contribution in [0.2, 0.25) is 0 Å². The van der Waals surface area contributed by atoms with E-state index in [1.807, 2.05) is 11.7 Å². The second-order valence-electron chi connectivity index (χ2n) is 5.46. The highest BCUT2D eigenvalue weighted by molar-refractivity contribution is 5.72. The summed E-state index contributed by atoms with van der Waals surface area (Å²) in [5.74, 6) is 0.526. The quantitative estimate of drug-likeness (QED) is 0.917. The molecule has 102 valence electrons. The van der Waals surface area contributed by atoms with Crippen LogP contribution in [0.15, 0.2) is 18.2 Å². The Balaban J connectivity index is 2.67. The van der Waals surface area contributed by atoms with Crippen LogP contribution < -0.4 is 5.73 Å². The van der Waals surface area contributed by atoms with Crippen LogP contribution in [-0.2, 0) is 13.6 Å². The summed E-state index contributed by atoms with van der Waals surface area (Å²) in [5.41, 5.74) is 13.1. The molecule has 0 aliphatic rings. The van der Waals surface area contributed by atoms with E-state index in [4.69, 9.17) is 5.73 Å². The van der Waals surface area contributed by atoms with Crippen molar-refractivity contribution in [2.45, 2.75) is 40.2 Å². The molecule has 0 aliphatic heterocycles. The number of benzene rings is 1. The van der Waals surface area contributed by atoms with E-state index < -0.39 is 0 Å². The molecule has 0 spiro atoms. The Bertz CT molecular complexity index is 594. The Labute approximate surface area is 115 Å². The van der Waals surface area contributed by atoms with Crippen LogP contribution in [0.4, 0.5) is 0 Å². The molecule has 0 fully saturated rings. The van der Waals surface area contributed by atoms with Crippen molar-refractivity contribution in [1.82, 2.24) is 9.78 Å². The molecule has 0 atom stereocenters. The maximum Gasteiger partial charge on any atom is 0.0675 e. The van der Waals surface area contributed by atoms with E-state index in [1.165, 1.54) is 22.3 Å². The van der Waals surface area contributed by atoms with Gasteiger partial charge in [-0.1, -0.05) is 32.0 Å². The van der Waals surface area contributed by atoms with E-state index in [1.54, 1.807) is 0 Å². The van der Waals surface area contributed by atoms with Crippen molar-refractivity contribution in [3.63, 3.8) is 0 Å². The SMILES string of the molecule is Cc1ccc(C(C)C)cc1-c1c(C)nn(C)c1CN. The Hall–Kier alpha value is -1.61. The number of hydrogen-bond acceptors (Lipinski definition) is 2. The van der Waals surface area contributed by atoms with E-state index in [0.29, 0.717) is 12.5 Å². The molecule has 2 N–H and O–H groups in total. The van der Waals surface area contributed by atoms with Crippen LogP contribution in [0, 0.1) is 13.8 Å². The molecule has 19 heavy (non-hydrogen) atoms. The van der Waals surface area contributed by atoms with Gasteiger partial charge in [-0.05, 0) is 36.5 Å². The van der Waals surface area contributed by atoms with E-state index in [0.717, 1.165) is 11.4 Å². The lowest BCUT2D eigenvalue weighted by atomic mass is 9.93. The largest absolute Gasteiger partial charge is 0.325 e. The molecule has 0 bridgehead atoms. The molecular formula is C16H23N3. The minimum atomic E-state index is 0.512. The van der Waals surface area contributed by atoms with Gasteiger partial charge in [-0.15, -0.1) is 0 Å². The predicted molar refractivity (Wildman–Crippen MR) is 80.1 cm³/mol. The molecule has 1 aromatic heterocycles. The van der Waals surface area contributed by atoms with Gasteiger partial charge in [-0.25, -0.2) is 0 Å². The van der Waals surface area contributed by atoms with Gasteiger partial charge in [0.1, 0.15) is 0 Å². The number of nitrogens with zero attached hydrogens (tertiary/aromatic N) is 2. The molecule has 2 rings (SSSR count). The first-order valence-corrected chi connectivity index (χ1v) is 6.79. The second-order valence-corrected chi connectivity index (χ2v) is 5.46. The summed E-state index contributed by atoms with van der Waals surface area (Å²) in [6.07, 6.45) is 0. The third-order valence-electron chi connectivity index (χ3n) is 3.73. The maximum absolute atomic E-state index is 5.89. The monoisotopic (exact) mass is 257 g/mol. The minimum Gasteiger partial charge on any atom is -0.325 e. The smallest absolute Gasteiger partial charge is 0.0675 e. The van der Waals surface area contributed by atoms with Gasteiger partial charge in [-0.3, -0.25) is 4.68 Å². The van der Waals surface area contributed by atoms with Crippen molar-refractivity contribution in [1.29, 1.82) is 0 Å². The summed E-state index contributed by atoms with van der Waals surface area (Å²) < 4.78 is 1.89. The molecule has 0 saturated heterocycles. The van der Waals surface area contributed by atoms with Crippen LogP contribution >= 0.6 is 0 Å². The highest BCUT2D eigenvalue weighted by Gasteiger charge is 2.16. The van der Waals surface area contributed by atoms with Gasteiger partial charge < -0.3 is 5.73 Å². The molecule has 2 aromatic rings. The van der Waals surface area contributed by atoms with Crippen LogP contribution in [0.5, 0.6) is 0 Å². The van der Waals surface area contributed by atoms with E-state index >= 15 is 0 Å². The summed E-state index contributed by atoms with van der Waals surface area (Å²) in [4.78, 5) is 0. The summed E-state index contributed by atoms with van der Waals surface area (Å²) >= 11 is 0. The van der Waals surface area contributed by atoms with Crippen LogP contribution in [0.25, 0.3) is 11.1 Å². The van der Waals surface area contributed by atoms with Crippen molar-refractivity contribution >= 4 is 0 Å². The first kappa shape index (κ1) is 13.8. The topological polar surface area (TPSA) is 43.8 Å². The molecule has 1 heterocycles. The lowest BCUT2D eigenvalue weighted by molar-refractivity contribution is 0.706. The Morgan fingerprint density at radius 2 is 1.95 bits per heavy atom. The van der Waals surface area contributed by atoms with E-state index in [2.05, 4.69) is 51.0 Å². The molecule has 3 nitrogen and oxygen atoms in total. The van der Waals surface area contributed by atoms with Gasteiger partial charge in [0.2, 0.25) is 0 Å². The fourth-order valence-electron chi connectivity index (χ4n) is 2.56. The first-order valence-electron chi connectivity index (χ1n) is 6.79. The zero-order valence-corrected chi connectivity index (χ0v) is 12.5. The standard InChI is InChI=1S/C16H23N3/c1-10(2)13-7-6-11(3)14(8-13)16-12(4)18-19(5)15(16)9-17/h6-8,10H,9,17H2,1-5H3. The zero-order chi connectivity index (χ0) is 14.2. The molecule has 1 aromatic carbocycles. The van der Waals surface area contributed by atoms with Gasteiger partial charge in [0.05, 0.1) is 11.4 Å². The second kappa shape index (κ2) is 5.17. The normalized spacial score (nSPS) is 11.3. The van der Waals surface area contributed by atoms with Crippen molar-refractivity contribution < 1.29 is 0 Å². The lowest BCUT2D eigenvalue weighted by Gasteiger charge is -2.12. The molecule has 0 aliphatic carbocycles. The van der Waals surface area contributed by atoms with Crippen molar-refractivity contribution in [2.75, 3.05) is 0 Å². The fraction of sp³-hybridized carbons (Fsp3) is 0.438. The highest BCUT2D eigenvalue weighted by atomic mass is 15.3. The third-order valence-corrected chi connectivity index (χ3v) is 3.73. The Kier molecular flexibility index (Phi) is 3.76. The van der Waals surface area contributed by atoms with Gasteiger partial charge in [0.25, 0.3) is 0 Å². The Morgan fingerprint density at radius 1 is 1.26 bits per heavy atom. The summed E-state index contributed by atoms with van der Waals surface area (Å²) in [6.45, 7) is 9.14. The molecule has 0 radical (unpaired) electrons. The summed E-state index contributed by atoms with van der Waals surface area (Å²) in [5, 5.41) is 4.51. The third kappa shape index (κ3) is 2.43. The number of aromatic nitrogens is 2. The van der Waals surface area contributed by atoms with Gasteiger partial charge in [0, 0.05) is 19.2 Å². The average molecular weight is 257 g/mol. The highest BCUT2D eigenvalue weighted by Crippen LogP contribution is 2.32. The van der Waals surface area contributed by atoms with Gasteiger partial charge in [0.15, 0.2) is 0 Å². The van der Waals surface area contributed by atoms with Crippen LogP contribution in [-0.4, -0.2) is 9.78 Å². The van der Waals surface area contributed by atoms with Crippen LogP contribution in [0.3, 0.4) is 0 Å². The lowest BCUT2D eigenvalue weighted by Crippen LogP contribution is -2.06. The van der Waals surface area contributed by atoms with E-state index in [-0.39, 0.29) is 0 Å². The number of rotatable bonds is 3. The van der Waals surface area contributed by atoms with Gasteiger partial charge >= 0.3 is 0 Å². The number of aryl methyl sites for hydroxylation is 3. The van der Waals surface area contributed by atoms with Crippen molar-refractivity contribution in [3.8, 4) is 11.1 Å². The number of nitrogens with two attached hydrogens (primary N) is 1. The number of hydrogen-bond donors (Lipinski definition) is 1. The Morgan fingerprint density at radius 3 is 2.53 bits per heavy atom. The zero-order valence-electron chi connectivity index (χ0n) is 12.5. The molecule has 3 heteroatoms. The summed E-state index contributed by atoms with van der Waals surface area (Å²) in [7, 11) is 1.96. The molecule has 0 saturated carbocycles. The van der Waals surface area contributed by atoms with Crippen molar-refractivity contribution in [2.24, 2.45) is 12.8 Å². The predicted octanol–water partition coefficient (Wildman–Crippen LogP) is 3.29. The molecular weight excluding hydrogens is 234 g/mol.